The Morgan fingerprint density at radius 1 is 1.47 bits per heavy atom. The maximum atomic E-state index is 10.8. The first-order valence-corrected chi connectivity index (χ1v) is 6.75. The third-order valence-corrected chi connectivity index (χ3v) is 3.47. The Morgan fingerprint density at radius 2 is 2.26 bits per heavy atom. The van der Waals surface area contributed by atoms with E-state index in [1.807, 2.05) is 0 Å². The van der Waals surface area contributed by atoms with E-state index >= 15 is 0 Å². The van der Waals surface area contributed by atoms with Crippen molar-refractivity contribution in [1.82, 2.24) is 4.90 Å². The first-order chi connectivity index (χ1) is 9.16. The van der Waals surface area contributed by atoms with E-state index in [9.17, 15) is 10.1 Å². The van der Waals surface area contributed by atoms with Crippen molar-refractivity contribution in [2.75, 3.05) is 26.2 Å². The number of hydrogen-bond acceptors (Lipinski definition) is 4. The molecule has 0 bridgehead atoms. The van der Waals surface area contributed by atoms with Crippen LogP contribution in [0.25, 0.3) is 0 Å². The number of benzene rings is 1. The maximum Gasteiger partial charge on any atom is 0.310 e. The Kier molecular flexibility index (Phi) is 4.74. The number of rotatable bonds is 5. The molecule has 5 heteroatoms. The monoisotopic (exact) mass is 264 g/mol. The van der Waals surface area contributed by atoms with Crippen molar-refractivity contribution >= 4 is 5.69 Å². The lowest BCUT2D eigenvalue weighted by atomic mass is 10.0. The van der Waals surface area contributed by atoms with Gasteiger partial charge in [0.1, 0.15) is 6.61 Å². The van der Waals surface area contributed by atoms with Gasteiger partial charge in [0, 0.05) is 19.2 Å². The molecule has 2 rings (SSSR count). The fourth-order valence-electron chi connectivity index (χ4n) is 2.50. The molecule has 1 atom stereocenters. The van der Waals surface area contributed by atoms with Crippen LogP contribution in [0.2, 0.25) is 0 Å². The van der Waals surface area contributed by atoms with E-state index in [1.165, 1.54) is 18.9 Å². The van der Waals surface area contributed by atoms with Crippen molar-refractivity contribution in [2.24, 2.45) is 5.92 Å². The number of likely N-dealkylation sites (tertiary alicyclic amines) is 1. The molecule has 1 aromatic carbocycles. The van der Waals surface area contributed by atoms with Crippen LogP contribution in [0.1, 0.15) is 19.8 Å². The minimum atomic E-state index is -0.404. The summed E-state index contributed by atoms with van der Waals surface area (Å²) in [6.45, 7) is 5.79. The molecule has 19 heavy (non-hydrogen) atoms. The van der Waals surface area contributed by atoms with Crippen molar-refractivity contribution in [2.45, 2.75) is 19.8 Å². The minimum absolute atomic E-state index is 0.0366. The van der Waals surface area contributed by atoms with Crippen molar-refractivity contribution in [3.8, 4) is 5.75 Å². The molecule has 0 spiro atoms. The predicted octanol–water partition coefficient (Wildman–Crippen LogP) is 2.71. The van der Waals surface area contributed by atoms with Gasteiger partial charge in [-0.2, -0.15) is 0 Å². The molecule has 1 fully saturated rings. The van der Waals surface area contributed by atoms with Crippen molar-refractivity contribution in [3.05, 3.63) is 34.4 Å². The highest BCUT2D eigenvalue weighted by Crippen LogP contribution is 2.25. The van der Waals surface area contributed by atoms with Crippen LogP contribution in [0.15, 0.2) is 24.3 Å². The topological polar surface area (TPSA) is 55.6 Å². The number of piperidine rings is 1. The fourth-order valence-corrected chi connectivity index (χ4v) is 2.50. The zero-order valence-electron chi connectivity index (χ0n) is 11.2. The second-order valence-corrected chi connectivity index (χ2v) is 5.12. The molecule has 1 aliphatic rings. The van der Waals surface area contributed by atoms with Gasteiger partial charge in [-0.3, -0.25) is 15.0 Å². The second-order valence-electron chi connectivity index (χ2n) is 5.12. The molecule has 104 valence electrons. The van der Waals surface area contributed by atoms with Gasteiger partial charge >= 0.3 is 5.69 Å². The average Bonchev–Trinajstić information content (AvgIpc) is 2.39. The highest BCUT2D eigenvalue weighted by Gasteiger charge is 2.17. The molecule has 0 amide bonds. The Bertz CT molecular complexity index is 436. The molecular weight excluding hydrogens is 244 g/mol. The maximum absolute atomic E-state index is 10.8. The van der Waals surface area contributed by atoms with Gasteiger partial charge in [-0.05, 0) is 31.4 Å². The highest BCUT2D eigenvalue weighted by atomic mass is 16.6. The van der Waals surface area contributed by atoms with Gasteiger partial charge in [0.25, 0.3) is 0 Å². The zero-order chi connectivity index (χ0) is 13.7. The summed E-state index contributed by atoms with van der Waals surface area (Å²) < 4.78 is 5.55. The lowest BCUT2D eigenvalue weighted by Gasteiger charge is -2.30. The Hall–Kier alpha value is -1.62. The molecule has 1 heterocycles. The molecule has 0 N–H and O–H groups in total. The van der Waals surface area contributed by atoms with Crippen LogP contribution >= 0.6 is 0 Å². The molecule has 1 saturated heterocycles. The summed E-state index contributed by atoms with van der Waals surface area (Å²) in [5.74, 6) is 1.09. The summed E-state index contributed by atoms with van der Waals surface area (Å²) in [7, 11) is 0. The second kappa shape index (κ2) is 6.52. The summed E-state index contributed by atoms with van der Waals surface area (Å²) in [5.41, 5.74) is 0.0366. The molecule has 0 unspecified atom stereocenters. The van der Waals surface area contributed by atoms with Crippen LogP contribution in [-0.2, 0) is 0 Å². The summed E-state index contributed by atoms with van der Waals surface area (Å²) in [6, 6.07) is 6.53. The van der Waals surface area contributed by atoms with Crippen LogP contribution in [0.4, 0.5) is 5.69 Å². The van der Waals surface area contributed by atoms with Crippen LogP contribution in [0.5, 0.6) is 5.75 Å². The van der Waals surface area contributed by atoms with E-state index in [-0.39, 0.29) is 5.69 Å². The van der Waals surface area contributed by atoms with Gasteiger partial charge in [0.15, 0.2) is 5.75 Å². The van der Waals surface area contributed by atoms with E-state index < -0.39 is 4.92 Å². The van der Waals surface area contributed by atoms with Crippen LogP contribution in [0.3, 0.4) is 0 Å². The highest BCUT2D eigenvalue weighted by molar-refractivity contribution is 5.45. The summed E-state index contributed by atoms with van der Waals surface area (Å²) in [6.07, 6.45) is 2.52. The number of nitro benzene ring substituents is 1. The largest absolute Gasteiger partial charge is 0.485 e. The number of ether oxygens (including phenoxy) is 1. The van der Waals surface area contributed by atoms with Gasteiger partial charge in [-0.1, -0.05) is 19.1 Å². The van der Waals surface area contributed by atoms with Crippen molar-refractivity contribution in [1.29, 1.82) is 0 Å². The standard InChI is InChI=1S/C14H20N2O3/c1-12-5-4-8-15(11-12)9-10-19-14-7-3-2-6-13(14)16(17)18/h2-3,6-7,12H,4-5,8-11H2,1H3/t12-/m0/s1. The Balaban J connectivity index is 1.84. The van der Waals surface area contributed by atoms with Crippen molar-refractivity contribution in [3.63, 3.8) is 0 Å². The lowest BCUT2D eigenvalue weighted by Crippen LogP contribution is -2.37. The predicted molar refractivity (Wildman–Crippen MR) is 73.4 cm³/mol. The molecule has 0 aliphatic carbocycles. The minimum Gasteiger partial charge on any atom is -0.485 e. The van der Waals surface area contributed by atoms with Gasteiger partial charge in [0.2, 0.25) is 0 Å². The smallest absolute Gasteiger partial charge is 0.310 e. The normalized spacial score (nSPS) is 20.2. The Morgan fingerprint density at radius 3 is 3.00 bits per heavy atom. The Labute approximate surface area is 113 Å². The first kappa shape index (κ1) is 13.8. The molecule has 1 aliphatic heterocycles. The van der Waals surface area contributed by atoms with Gasteiger partial charge in [-0.15, -0.1) is 0 Å². The fraction of sp³-hybridized carbons (Fsp3) is 0.571. The molecule has 1 aromatic rings. The SMILES string of the molecule is C[C@H]1CCCN(CCOc2ccccc2[N+](=O)[O-])C1. The number of nitro groups is 1. The molecule has 0 saturated carbocycles. The van der Waals surface area contributed by atoms with Gasteiger partial charge in [0.05, 0.1) is 4.92 Å². The summed E-state index contributed by atoms with van der Waals surface area (Å²) in [4.78, 5) is 12.8. The van der Waals surface area contributed by atoms with E-state index in [0.717, 1.165) is 25.6 Å². The molecule has 0 radical (unpaired) electrons. The average molecular weight is 264 g/mol. The van der Waals surface area contributed by atoms with Gasteiger partial charge < -0.3 is 4.74 Å². The molecule has 5 nitrogen and oxygen atoms in total. The molecule has 0 aromatic heterocycles. The zero-order valence-corrected chi connectivity index (χ0v) is 11.2. The lowest BCUT2D eigenvalue weighted by molar-refractivity contribution is -0.385. The number of nitrogens with zero attached hydrogens (tertiary/aromatic N) is 2. The van der Waals surface area contributed by atoms with Crippen LogP contribution in [0, 0.1) is 16.0 Å². The number of hydrogen-bond donors (Lipinski definition) is 0. The molecular formula is C14H20N2O3. The third kappa shape index (κ3) is 3.92. The van der Waals surface area contributed by atoms with E-state index in [0.29, 0.717) is 12.4 Å². The summed E-state index contributed by atoms with van der Waals surface area (Å²) in [5, 5.41) is 10.8. The van der Waals surface area contributed by atoms with Gasteiger partial charge in [-0.25, -0.2) is 0 Å². The van der Waals surface area contributed by atoms with E-state index in [4.69, 9.17) is 4.74 Å². The first-order valence-electron chi connectivity index (χ1n) is 6.75. The summed E-state index contributed by atoms with van der Waals surface area (Å²) >= 11 is 0. The number of para-hydroxylation sites is 2. The van der Waals surface area contributed by atoms with Crippen LogP contribution in [-0.4, -0.2) is 36.1 Å². The van der Waals surface area contributed by atoms with Crippen LogP contribution < -0.4 is 4.74 Å². The quantitative estimate of drug-likeness (QED) is 0.606. The van der Waals surface area contributed by atoms with E-state index in [1.54, 1.807) is 18.2 Å². The third-order valence-electron chi connectivity index (χ3n) is 3.47. The van der Waals surface area contributed by atoms with Crippen molar-refractivity contribution < 1.29 is 9.66 Å². The van der Waals surface area contributed by atoms with E-state index in [2.05, 4.69) is 11.8 Å².